The molecule has 10 nitrogen and oxygen atoms in total. The van der Waals surface area contributed by atoms with E-state index in [1.165, 1.54) is 41.0 Å². The number of nitrogens with zero attached hydrogens (tertiary/aromatic N) is 4. The van der Waals surface area contributed by atoms with Gasteiger partial charge >= 0.3 is 0 Å². The van der Waals surface area contributed by atoms with Crippen molar-refractivity contribution in [2.45, 2.75) is 18.7 Å². The third-order valence-corrected chi connectivity index (χ3v) is 6.47. The smallest absolute Gasteiger partial charge is 0.269 e. The first kappa shape index (κ1) is 22.1. The Hall–Kier alpha value is -3.57. The molecule has 0 aliphatic heterocycles. The number of hydrazone groups is 1. The topological polar surface area (TPSA) is 131 Å². The van der Waals surface area contributed by atoms with E-state index in [-0.39, 0.29) is 10.6 Å². The predicted molar refractivity (Wildman–Crippen MR) is 116 cm³/mol. The van der Waals surface area contributed by atoms with Gasteiger partial charge in [0.15, 0.2) is 0 Å². The molecule has 0 amide bonds. The fourth-order valence-corrected chi connectivity index (χ4v) is 4.20. The molecule has 3 rings (SSSR count). The number of pyridine rings is 1. The molecule has 0 aliphatic carbocycles. The second-order valence-electron chi connectivity index (χ2n) is 6.34. The van der Waals surface area contributed by atoms with E-state index >= 15 is 0 Å². The molecule has 0 aliphatic rings. The lowest BCUT2D eigenvalue weighted by Gasteiger charge is -2.18. The molecular formula is C20H21N5O5S. The summed E-state index contributed by atoms with van der Waals surface area (Å²) >= 11 is 0. The molecule has 162 valence electrons. The zero-order valence-corrected chi connectivity index (χ0v) is 17.7. The molecule has 0 fully saturated rings. The lowest BCUT2D eigenvalue weighted by molar-refractivity contribution is -0.384. The van der Waals surface area contributed by atoms with Crippen molar-refractivity contribution >= 4 is 27.7 Å². The standard InChI is InChI=1S/C20H21N5O5S/c1-3-24(4-2)31(28,29)18-10-12-20(21-14-18)23-22-13-17-9-11-19(30-17)15-5-7-16(8-6-15)25(26)27/h5-14H,3-4H2,1-2H3,(H,21,23)/b22-13+. The lowest BCUT2D eigenvalue weighted by atomic mass is 10.1. The highest BCUT2D eigenvalue weighted by Gasteiger charge is 2.21. The SMILES string of the molecule is CCN(CC)S(=O)(=O)c1ccc(N/N=C/c2ccc(-c3ccc([N+](=O)[O-])cc3)o2)nc1. The molecule has 0 radical (unpaired) electrons. The van der Waals surface area contributed by atoms with E-state index in [2.05, 4.69) is 15.5 Å². The molecule has 31 heavy (non-hydrogen) atoms. The zero-order chi connectivity index (χ0) is 22.4. The predicted octanol–water partition coefficient (Wildman–Crippen LogP) is 3.73. The van der Waals surface area contributed by atoms with E-state index in [0.717, 1.165) is 0 Å². The van der Waals surface area contributed by atoms with Crippen molar-refractivity contribution in [2.75, 3.05) is 18.5 Å². The van der Waals surface area contributed by atoms with Crippen LogP contribution >= 0.6 is 0 Å². The Morgan fingerprint density at radius 1 is 1.13 bits per heavy atom. The van der Waals surface area contributed by atoms with Crippen molar-refractivity contribution in [1.82, 2.24) is 9.29 Å². The minimum atomic E-state index is -3.56. The van der Waals surface area contributed by atoms with Gasteiger partial charge in [0.1, 0.15) is 22.2 Å². The van der Waals surface area contributed by atoms with E-state index < -0.39 is 14.9 Å². The molecule has 11 heteroatoms. The van der Waals surface area contributed by atoms with Crippen molar-refractivity contribution in [3.05, 3.63) is 70.6 Å². The maximum Gasteiger partial charge on any atom is 0.269 e. The van der Waals surface area contributed by atoms with E-state index in [4.69, 9.17) is 4.42 Å². The summed E-state index contributed by atoms with van der Waals surface area (Å²) in [5.74, 6) is 1.37. The van der Waals surface area contributed by atoms with Crippen LogP contribution in [0.4, 0.5) is 11.5 Å². The van der Waals surface area contributed by atoms with Crippen LogP contribution in [0.5, 0.6) is 0 Å². The van der Waals surface area contributed by atoms with Crippen LogP contribution in [-0.4, -0.2) is 41.9 Å². The van der Waals surface area contributed by atoms with Crippen LogP contribution in [0.15, 0.2) is 69.1 Å². The molecule has 1 N–H and O–H groups in total. The van der Waals surface area contributed by atoms with Crippen LogP contribution in [0.2, 0.25) is 0 Å². The number of nitro groups is 1. The summed E-state index contributed by atoms with van der Waals surface area (Å²) in [5.41, 5.74) is 3.42. The van der Waals surface area contributed by atoms with E-state index in [9.17, 15) is 18.5 Å². The van der Waals surface area contributed by atoms with E-state index in [0.29, 0.717) is 36.0 Å². The van der Waals surface area contributed by atoms with Crippen LogP contribution < -0.4 is 5.43 Å². The molecule has 0 spiro atoms. The molecule has 3 aromatic rings. The third-order valence-electron chi connectivity index (χ3n) is 4.44. The van der Waals surface area contributed by atoms with Crippen LogP contribution in [-0.2, 0) is 10.0 Å². The van der Waals surface area contributed by atoms with Gasteiger partial charge in [-0.2, -0.15) is 9.41 Å². The summed E-state index contributed by atoms with van der Waals surface area (Å²) in [4.78, 5) is 14.5. The van der Waals surface area contributed by atoms with Crippen molar-refractivity contribution in [1.29, 1.82) is 0 Å². The summed E-state index contributed by atoms with van der Waals surface area (Å²) in [7, 11) is -3.56. The van der Waals surface area contributed by atoms with Gasteiger partial charge in [0.25, 0.3) is 5.69 Å². The molecule has 1 aromatic carbocycles. The first-order valence-corrected chi connectivity index (χ1v) is 10.9. The maximum absolute atomic E-state index is 12.5. The Morgan fingerprint density at radius 2 is 1.84 bits per heavy atom. The lowest BCUT2D eigenvalue weighted by Crippen LogP contribution is -2.30. The van der Waals surface area contributed by atoms with Crippen molar-refractivity contribution in [3.8, 4) is 11.3 Å². The second-order valence-corrected chi connectivity index (χ2v) is 8.28. The second kappa shape index (κ2) is 9.49. The fourth-order valence-electron chi connectivity index (χ4n) is 2.80. The number of sulfonamides is 1. The summed E-state index contributed by atoms with van der Waals surface area (Å²) in [6.45, 7) is 4.32. The number of benzene rings is 1. The molecular weight excluding hydrogens is 422 g/mol. The number of rotatable bonds is 9. The molecule has 0 unspecified atom stereocenters. The molecule has 2 heterocycles. The molecule has 0 atom stereocenters. The van der Waals surface area contributed by atoms with Gasteiger partial charge in [0, 0.05) is 37.0 Å². The Balaban J connectivity index is 1.64. The van der Waals surface area contributed by atoms with Gasteiger partial charge in [0.2, 0.25) is 10.0 Å². The van der Waals surface area contributed by atoms with Crippen molar-refractivity contribution < 1.29 is 17.8 Å². The summed E-state index contributed by atoms with van der Waals surface area (Å²) in [6.07, 6.45) is 2.72. The summed E-state index contributed by atoms with van der Waals surface area (Å²) in [5, 5.41) is 14.8. The number of nitro benzene ring substituents is 1. The largest absolute Gasteiger partial charge is 0.455 e. The Labute approximate surface area is 179 Å². The van der Waals surface area contributed by atoms with Gasteiger partial charge in [-0.15, -0.1) is 0 Å². The van der Waals surface area contributed by atoms with Gasteiger partial charge in [0.05, 0.1) is 11.1 Å². The normalized spacial score (nSPS) is 11.8. The highest BCUT2D eigenvalue weighted by Crippen LogP contribution is 2.24. The van der Waals surface area contributed by atoms with E-state index in [1.54, 1.807) is 38.1 Å². The summed E-state index contributed by atoms with van der Waals surface area (Å²) < 4.78 is 31.9. The Morgan fingerprint density at radius 3 is 2.42 bits per heavy atom. The minimum Gasteiger partial charge on any atom is -0.455 e. The minimum absolute atomic E-state index is 0.00436. The van der Waals surface area contributed by atoms with E-state index in [1.807, 2.05) is 0 Å². The zero-order valence-electron chi connectivity index (χ0n) is 16.9. The number of nitrogens with one attached hydrogen (secondary N) is 1. The van der Waals surface area contributed by atoms with Crippen molar-refractivity contribution in [3.63, 3.8) is 0 Å². The fraction of sp³-hybridized carbons (Fsp3) is 0.200. The first-order valence-electron chi connectivity index (χ1n) is 9.45. The number of hydrogen-bond donors (Lipinski definition) is 1. The van der Waals surface area contributed by atoms with Crippen LogP contribution in [0.25, 0.3) is 11.3 Å². The Bertz CT molecular complexity index is 1170. The number of non-ortho nitro benzene ring substituents is 1. The van der Waals surface area contributed by atoms with Crippen molar-refractivity contribution in [2.24, 2.45) is 5.10 Å². The number of aromatic nitrogens is 1. The molecule has 0 saturated heterocycles. The van der Waals surface area contributed by atoms with Crippen LogP contribution in [0.1, 0.15) is 19.6 Å². The van der Waals surface area contributed by atoms with Crippen LogP contribution in [0.3, 0.4) is 0 Å². The third kappa shape index (κ3) is 5.13. The Kier molecular flexibility index (Phi) is 6.78. The summed E-state index contributed by atoms with van der Waals surface area (Å²) in [6, 6.07) is 12.5. The monoisotopic (exact) mass is 443 g/mol. The number of anilines is 1. The average molecular weight is 443 g/mol. The average Bonchev–Trinajstić information content (AvgIpc) is 3.24. The highest BCUT2D eigenvalue weighted by atomic mass is 32.2. The number of furan rings is 1. The maximum atomic E-state index is 12.5. The highest BCUT2D eigenvalue weighted by molar-refractivity contribution is 7.89. The molecule has 0 saturated carbocycles. The van der Waals surface area contributed by atoms with Gasteiger partial charge in [-0.1, -0.05) is 13.8 Å². The van der Waals surface area contributed by atoms with Gasteiger partial charge in [-0.3, -0.25) is 15.5 Å². The molecule has 2 aromatic heterocycles. The first-order chi connectivity index (χ1) is 14.8. The van der Waals surface area contributed by atoms with Gasteiger partial charge < -0.3 is 4.42 Å². The number of hydrogen-bond acceptors (Lipinski definition) is 8. The van der Waals surface area contributed by atoms with Crippen LogP contribution in [0, 0.1) is 10.1 Å². The quantitative estimate of drug-likeness (QED) is 0.303. The van der Waals surface area contributed by atoms with Gasteiger partial charge in [-0.05, 0) is 36.4 Å². The molecule has 0 bridgehead atoms. The van der Waals surface area contributed by atoms with Gasteiger partial charge in [-0.25, -0.2) is 13.4 Å².